The molecule has 0 saturated carbocycles. The SMILES string of the molecule is N#C/C(=C/c1cccn1-c1ccc([N+](=O)[O-])cc1)C(=O)Nc1nc(-c2ccccc2)cs1. The smallest absolute Gasteiger partial charge is 0.269 e. The fourth-order valence-corrected chi connectivity index (χ4v) is 3.73. The van der Waals surface area contributed by atoms with Crippen LogP contribution in [0.25, 0.3) is 23.0 Å². The highest BCUT2D eigenvalue weighted by Gasteiger charge is 2.14. The monoisotopic (exact) mass is 441 g/mol. The first-order valence-corrected chi connectivity index (χ1v) is 10.3. The van der Waals surface area contributed by atoms with Gasteiger partial charge in [0.05, 0.1) is 10.6 Å². The zero-order valence-electron chi connectivity index (χ0n) is 16.5. The molecule has 1 amide bonds. The van der Waals surface area contributed by atoms with Gasteiger partial charge in [0, 0.05) is 40.7 Å². The highest BCUT2D eigenvalue weighted by Crippen LogP contribution is 2.25. The molecule has 0 saturated heterocycles. The van der Waals surface area contributed by atoms with Crippen molar-refractivity contribution < 1.29 is 9.72 Å². The van der Waals surface area contributed by atoms with Gasteiger partial charge in [-0.15, -0.1) is 11.3 Å². The molecule has 8 nitrogen and oxygen atoms in total. The Hall–Kier alpha value is -4.55. The predicted octanol–water partition coefficient (Wildman–Crippen LogP) is 5.05. The van der Waals surface area contributed by atoms with Gasteiger partial charge >= 0.3 is 0 Å². The molecule has 2 heterocycles. The number of carbonyl (C=O) groups is 1. The van der Waals surface area contributed by atoms with Gasteiger partial charge in [-0.1, -0.05) is 30.3 Å². The van der Waals surface area contributed by atoms with E-state index in [9.17, 15) is 20.2 Å². The van der Waals surface area contributed by atoms with E-state index in [1.54, 1.807) is 35.0 Å². The summed E-state index contributed by atoms with van der Waals surface area (Å²) in [5, 5.41) is 25.3. The van der Waals surface area contributed by atoms with E-state index >= 15 is 0 Å². The molecule has 156 valence electrons. The summed E-state index contributed by atoms with van der Waals surface area (Å²) in [6.07, 6.45) is 3.20. The molecule has 9 heteroatoms. The van der Waals surface area contributed by atoms with E-state index in [0.29, 0.717) is 16.5 Å². The van der Waals surface area contributed by atoms with E-state index in [1.165, 1.54) is 29.5 Å². The number of carbonyl (C=O) groups excluding carboxylic acids is 1. The molecule has 32 heavy (non-hydrogen) atoms. The standard InChI is InChI=1S/C23H15N5O3S/c24-14-17(22(29)26-23-25-21(15-32-23)16-5-2-1-3-6-16)13-20-7-4-12-27(20)18-8-10-19(11-9-18)28(30)31/h1-13,15H,(H,25,26,29)/b17-13-. The molecule has 0 bridgehead atoms. The Morgan fingerprint density at radius 2 is 1.88 bits per heavy atom. The van der Waals surface area contributed by atoms with Crippen LogP contribution in [-0.2, 0) is 4.79 Å². The van der Waals surface area contributed by atoms with Crippen molar-refractivity contribution in [2.75, 3.05) is 5.32 Å². The zero-order valence-corrected chi connectivity index (χ0v) is 17.3. The lowest BCUT2D eigenvalue weighted by Crippen LogP contribution is -2.13. The molecular weight excluding hydrogens is 426 g/mol. The van der Waals surface area contributed by atoms with Gasteiger partial charge < -0.3 is 4.57 Å². The predicted molar refractivity (Wildman–Crippen MR) is 122 cm³/mol. The largest absolute Gasteiger partial charge is 0.317 e. The number of hydrogen-bond acceptors (Lipinski definition) is 6. The van der Waals surface area contributed by atoms with Crippen molar-refractivity contribution in [2.45, 2.75) is 0 Å². The number of amides is 1. The van der Waals surface area contributed by atoms with E-state index in [-0.39, 0.29) is 11.3 Å². The van der Waals surface area contributed by atoms with Crippen molar-refractivity contribution in [3.05, 3.63) is 99.7 Å². The van der Waals surface area contributed by atoms with Crippen molar-refractivity contribution in [3.8, 4) is 23.0 Å². The van der Waals surface area contributed by atoms with Gasteiger partial charge in [0.1, 0.15) is 11.6 Å². The number of hydrogen-bond donors (Lipinski definition) is 1. The normalized spacial score (nSPS) is 11.0. The quantitative estimate of drug-likeness (QED) is 0.195. The fraction of sp³-hybridized carbons (Fsp3) is 0. The van der Waals surface area contributed by atoms with Crippen LogP contribution in [0.4, 0.5) is 10.8 Å². The number of nitrogens with one attached hydrogen (secondary N) is 1. The fourth-order valence-electron chi connectivity index (χ4n) is 3.02. The topological polar surface area (TPSA) is 114 Å². The molecule has 2 aromatic heterocycles. The minimum Gasteiger partial charge on any atom is -0.317 e. The maximum atomic E-state index is 12.7. The lowest BCUT2D eigenvalue weighted by atomic mass is 10.2. The second-order valence-corrected chi connectivity index (χ2v) is 7.46. The summed E-state index contributed by atoms with van der Waals surface area (Å²) in [7, 11) is 0. The first-order chi connectivity index (χ1) is 15.5. The maximum absolute atomic E-state index is 12.7. The zero-order chi connectivity index (χ0) is 22.5. The number of nitrogens with zero attached hydrogens (tertiary/aromatic N) is 4. The molecule has 4 aromatic rings. The number of nitriles is 1. The summed E-state index contributed by atoms with van der Waals surface area (Å²) in [5.74, 6) is -0.571. The van der Waals surface area contributed by atoms with Gasteiger partial charge in [0.15, 0.2) is 5.13 Å². The maximum Gasteiger partial charge on any atom is 0.269 e. The summed E-state index contributed by atoms with van der Waals surface area (Å²) >= 11 is 1.27. The van der Waals surface area contributed by atoms with Gasteiger partial charge in [0.2, 0.25) is 0 Å². The Bertz CT molecular complexity index is 1350. The molecular formula is C23H15N5O3S. The Kier molecular flexibility index (Phi) is 5.87. The first-order valence-electron chi connectivity index (χ1n) is 9.41. The average molecular weight is 441 g/mol. The molecule has 0 radical (unpaired) electrons. The van der Waals surface area contributed by atoms with E-state index in [1.807, 2.05) is 41.8 Å². The van der Waals surface area contributed by atoms with Crippen LogP contribution in [0.3, 0.4) is 0 Å². The second-order valence-electron chi connectivity index (χ2n) is 6.60. The van der Waals surface area contributed by atoms with Crippen molar-refractivity contribution >= 4 is 34.1 Å². The minimum absolute atomic E-state index is 0.0200. The molecule has 2 aromatic carbocycles. The van der Waals surface area contributed by atoms with Crippen LogP contribution in [0.1, 0.15) is 5.69 Å². The molecule has 0 unspecified atom stereocenters. The van der Waals surface area contributed by atoms with Crippen molar-refractivity contribution in [2.24, 2.45) is 0 Å². The number of nitro groups is 1. The molecule has 4 rings (SSSR count). The lowest BCUT2D eigenvalue weighted by molar-refractivity contribution is -0.384. The van der Waals surface area contributed by atoms with Crippen molar-refractivity contribution in [3.63, 3.8) is 0 Å². The van der Waals surface area contributed by atoms with Gasteiger partial charge in [-0.05, 0) is 30.3 Å². The Morgan fingerprint density at radius 3 is 2.56 bits per heavy atom. The third kappa shape index (κ3) is 4.45. The summed E-state index contributed by atoms with van der Waals surface area (Å²) in [6.45, 7) is 0. The Morgan fingerprint density at radius 1 is 1.12 bits per heavy atom. The first kappa shape index (κ1) is 20.7. The van der Waals surface area contributed by atoms with E-state index in [0.717, 1.165) is 11.3 Å². The minimum atomic E-state index is -0.571. The molecule has 0 fully saturated rings. The number of non-ortho nitro benzene ring substituents is 1. The summed E-state index contributed by atoms with van der Waals surface area (Å²) in [6, 6.07) is 21.0. The van der Waals surface area contributed by atoms with Crippen molar-refractivity contribution in [1.82, 2.24) is 9.55 Å². The number of rotatable bonds is 6. The van der Waals surface area contributed by atoms with E-state index in [2.05, 4.69) is 10.3 Å². The van der Waals surface area contributed by atoms with Crippen LogP contribution in [0.15, 0.2) is 83.9 Å². The molecule has 0 aliphatic heterocycles. The van der Waals surface area contributed by atoms with Crippen LogP contribution in [0, 0.1) is 21.4 Å². The van der Waals surface area contributed by atoms with Crippen LogP contribution >= 0.6 is 11.3 Å². The number of benzene rings is 2. The van der Waals surface area contributed by atoms with Crippen LogP contribution in [0.2, 0.25) is 0 Å². The van der Waals surface area contributed by atoms with Crippen LogP contribution in [-0.4, -0.2) is 20.4 Å². The van der Waals surface area contributed by atoms with Gasteiger partial charge in [-0.3, -0.25) is 20.2 Å². The second kappa shape index (κ2) is 9.07. The lowest BCUT2D eigenvalue weighted by Gasteiger charge is -2.07. The molecule has 0 aliphatic carbocycles. The van der Waals surface area contributed by atoms with E-state index < -0.39 is 10.8 Å². The van der Waals surface area contributed by atoms with Gasteiger partial charge in [-0.25, -0.2) is 4.98 Å². The molecule has 0 atom stereocenters. The number of nitro benzene ring substituents is 1. The Balaban J connectivity index is 1.55. The summed E-state index contributed by atoms with van der Waals surface area (Å²) in [5.41, 5.74) is 2.80. The third-order valence-electron chi connectivity index (χ3n) is 4.57. The highest BCUT2D eigenvalue weighted by atomic mass is 32.1. The summed E-state index contributed by atoms with van der Waals surface area (Å²) < 4.78 is 1.73. The number of thiazole rings is 1. The summed E-state index contributed by atoms with van der Waals surface area (Å²) in [4.78, 5) is 27.5. The Labute approximate surface area is 186 Å². The molecule has 0 spiro atoms. The van der Waals surface area contributed by atoms with E-state index in [4.69, 9.17) is 0 Å². The highest BCUT2D eigenvalue weighted by molar-refractivity contribution is 7.14. The number of anilines is 1. The molecule has 1 N–H and O–H groups in total. The van der Waals surface area contributed by atoms with Gasteiger partial charge in [-0.2, -0.15) is 5.26 Å². The van der Waals surface area contributed by atoms with Crippen LogP contribution < -0.4 is 5.32 Å². The molecule has 0 aliphatic rings. The van der Waals surface area contributed by atoms with Gasteiger partial charge in [0.25, 0.3) is 11.6 Å². The average Bonchev–Trinajstić information content (AvgIpc) is 3.47. The van der Waals surface area contributed by atoms with Crippen molar-refractivity contribution in [1.29, 1.82) is 5.26 Å². The third-order valence-corrected chi connectivity index (χ3v) is 5.33. The number of aromatic nitrogens is 2. The van der Waals surface area contributed by atoms with Crippen LogP contribution in [0.5, 0.6) is 0 Å².